The van der Waals surface area contributed by atoms with Crippen LogP contribution in [0.1, 0.15) is 52.0 Å². The molecule has 2 aromatic carbocycles. The first-order chi connectivity index (χ1) is 15.8. The molecule has 0 atom stereocenters. The van der Waals surface area contributed by atoms with Crippen molar-refractivity contribution < 1.29 is 18.0 Å². The van der Waals surface area contributed by atoms with Crippen LogP contribution < -0.4 is 5.32 Å². The van der Waals surface area contributed by atoms with Gasteiger partial charge in [-0.1, -0.05) is 24.3 Å². The van der Waals surface area contributed by atoms with Gasteiger partial charge in [0.25, 0.3) is 5.91 Å². The van der Waals surface area contributed by atoms with Gasteiger partial charge in [0.15, 0.2) is 0 Å². The third kappa shape index (κ3) is 4.28. The second-order valence-electron chi connectivity index (χ2n) is 7.88. The minimum Gasteiger partial charge on any atom is -0.343 e. The molecular weight excluding hydrogens is 429 g/mol. The van der Waals surface area contributed by atoms with Gasteiger partial charge in [-0.15, -0.1) is 0 Å². The summed E-state index contributed by atoms with van der Waals surface area (Å²) in [6.45, 7) is 0. The van der Waals surface area contributed by atoms with Crippen molar-refractivity contribution >= 4 is 5.91 Å². The van der Waals surface area contributed by atoms with Crippen LogP contribution in [-0.2, 0) is 11.7 Å². The molecule has 1 amide bonds. The van der Waals surface area contributed by atoms with E-state index >= 15 is 0 Å². The molecule has 164 valence electrons. The van der Waals surface area contributed by atoms with Crippen molar-refractivity contribution in [2.45, 2.75) is 31.0 Å². The largest absolute Gasteiger partial charge is 0.433 e. The van der Waals surface area contributed by atoms with E-state index in [0.29, 0.717) is 22.3 Å². The molecule has 5 nitrogen and oxygen atoms in total. The molecule has 1 heterocycles. The Morgan fingerprint density at radius 2 is 1.67 bits per heavy atom. The van der Waals surface area contributed by atoms with Gasteiger partial charge in [-0.25, -0.2) is 0 Å². The molecule has 0 saturated heterocycles. The smallest absolute Gasteiger partial charge is 0.343 e. The highest BCUT2D eigenvalue weighted by Crippen LogP contribution is 2.42. The van der Waals surface area contributed by atoms with Crippen molar-refractivity contribution in [2.24, 2.45) is 0 Å². The van der Waals surface area contributed by atoms with Gasteiger partial charge in [0.1, 0.15) is 5.69 Å². The van der Waals surface area contributed by atoms with E-state index in [1.54, 1.807) is 36.4 Å². The van der Waals surface area contributed by atoms with Crippen LogP contribution in [0.3, 0.4) is 0 Å². The fraction of sp³-hybridized carbons (Fsp3) is 0.200. The summed E-state index contributed by atoms with van der Waals surface area (Å²) in [7, 11) is 0. The normalized spacial score (nSPS) is 14.5. The number of pyridine rings is 1. The number of benzene rings is 2. The van der Waals surface area contributed by atoms with Gasteiger partial charge in [0.05, 0.1) is 28.8 Å². The molecule has 1 aliphatic rings. The first kappa shape index (κ1) is 22.0. The molecule has 1 aromatic heterocycles. The molecule has 0 spiro atoms. The number of rotatable bonds is 4. The van der Waals surface area contributed by atoms with E-state index in [1.165, 1.54) is 0 Å². The number of hydrogen-bond donors (Lipinski definition) is 1. The number of hydrogen-bond acceptors (Lipinski definition) is 4. The average molecular weight is 446 g/mol. The number of carbonyl (C=O) groups is 1. The van der Waals surface area contributed by atoms with Crippen molar-refractivity contribution in [1.29, 1.82) is 10.5 Å². The lowest BCUT2D eigenvalue weighted by atomic mass is 9.71. The molecular formula is C25H17F3N4O. The minimum absolute atomic E-state index is 0.113. The molecule has 1 N–H and O–H groups in total. The van der Waals surface area contributed by atoms with Crippen LogP contribution in [0.2, 0.25) is 0 Å². The summed E-state index contributed by atoms with van der Waals surface area (Å²) in [5, 5.41) is 21.3. The summed E-state index contributed by atoms with van der Waals surface area (Å²) in [5.41, 5.74) is 0.890. The molecule has 1 aliphatic carbocycles. The summed E-state index contributed by atoms with van der Waals surface area (Å²) < 4.78 is 38.7. The molecule has 4 rings (SSSR count). The maximum atomic E-state index is 12.9. The minimum atomic E-state index is -4.63. The average Bonchev–Trinajstić information content (AvgIpc) is 2.80. The van der Waals surface area contributed by atoms with Crippen LogP contribution in [0.15, 0.2) is 60.8 Å². The molecule has 0 aliphatic heterocycles. The zero-order valence-electron chi connectivity index (χ0n) is 17.3. The Morgan fingerprint density at radius 3 is 2.18 bits per heavy atom. The Balaban J connectivity index is 1.59. The van der Waals surface area contributed by atoms with Gasteiger partial charge in [-0.2, -0.15) is 23.7 Å². The van der Waals surface area contributed by atoms with Crippen LogP contribution in [0.5, 0.6) is 0 Å². The molecule has 0 radical (unpaired) electrons. The van der Waals surface area contributed by atoms with Crippen LogP contribution in [0.4, 0.5) is 13.2 Å². The summed E-state index contributed by atoms with van der Waals surface area (Å²) in [6, 6.07) is 18.0. The standard InChI is InChI=1S/C25H17F3N4O/c26-25(27,28)22-12-19(14-30)21(15-31-22)17-6-8-20(9-7-17)24(10-1-11-24)32-23(33)18-4-2-16(13-29)3-5-18/h2-9,12,15H,1,10-11H2,(H,32,33). The van der Waals surface area contributed by atoms with Gasteiger partial charge >= 0.3 is 6.18 Å². The Labute approximate surface area is 188 Å². The Hall–Kier alpha value is -4.17. The van der Waals surface area contributed by atoms with E-state index in [2.05, 4.69) is 10.3 Å². The highest BCUT2D eigenvalue weighted by Gasteiger charge is 2.40. The zero-order valence-corrected chi connectivity index (χ0v) is 17.3. The topological polar surface area (TPSA) is 89.6 Å². The van der Waals surface area contributed by atoms with Crippen molar-refractivity contribution in [3.8, 4) is 23.3 Å². The van der Waals surface area contributed by atoms with Gasteiger partial charge in [0.2, 0.25) is 0 Å². The number of nitriles is 2. The van der Waals surface area contributed by atoms with E-state index in [1.807, 2.05) is 24.3 Å². The zero-order chi connectivity index (χ0) is 23.6. The van der Waals surface area contributed by atoms with Crippen molar-refractivity contribution in [1.82, 2.24) is 10.3 Å². The van der Waals surface area contributed by atoms with Crippen LogP contribution in [0.25, 0.3) is 11.1 Å². The number of amides is 1. The lowest BCUT2D eigenvalue weighted by Gasteiger charge is -2.43. The number of nitrogens with zero attached hydrogens (tertiary/aromatic N) is 3. The van der Waals surface area contributed by atoms with E-state index in [0.717, 1.165) is 37.1 Å². The lowest BCUT2D eigenvalue weighted by molar-refractivity contribution is -0.141. The maximum absolute atomic E-state index is 12.9. The number of alkyl halides is 3. The quantitative estimate of drug-likeness (QED) is 0.587. The Bertz CT molecular complexity index is 1280. The second-order valence-corrected chi connectivity index (χ2v) is 7.88. The van der Waals surface area contributed by atoms with E-state index in [4.69, 9.17) is 5.26 Å². The second kappa shape index (κ2) is 8.40. The number of halogens is 3. The highest BCUT2D eigenvalue weighted by atomic mass is 19.4. The Kier molecular flexibility index (Phi) is 5.61. The summed E-state index contributed by atoms with van der Waals surface area (Å²) in [6.07, 6.45) is -1.13. The number of aromatic nitrogens is 1. The lowest BCUT2D eigenvalue weighted by Crippen LogP contribution is -2.50. The van der Waals surface area contributed by atoms with Crippen molar-refractivity contribution in [3.05, 3.63) is 88.7 Å². The third-order valence-corrected chi connectivity index (χ3v) is 5.90. The summed E-state index contributed by atoms with van der Waals surface area (Å²) in [5.74, 6) is -0.248. The fourth-order valence-corrected chi connectivity index (χ4v) is 3.90. The maximum Gasteiger partial charge on any atom is 0.433 e. The van der Waals surface area contributed by atoms with Crippen molar-refractivity contribution in [2.75, 3.05) is 0 Å². The van der Waals surface area contributed by atoms with Crippen molar-refractivity contribution in [3.63, 3.8) is 0 Å². The monoisotopic (exact) mass is 446 g/mol. The molecule has 0 unspecified atom stereocenters. The fourth-order valence-electron chi connectivity index (χ4n) is 3.90. The predicted octanol–water partition coefficient (Wildman–Crippen LogP) is 5.32. The van der Waals surface area contributed by atoms with Gasteiger partial charge in [-0.3, -0.25) is 9.78 Å². The number of carbonyl (C=O) groups excluding carboxylic acids is 1. The van der Waals surface area contributed by atoms with Gasteiger partial charge in [-0.05, 0) is 60.7 Å². The van der Waals surface area contributed by atoms with E-state index in [-0.39, 0.29) is 11.5 Å². The number of nitrogens with one attached hydrogen (secondary N) is 1. The summed E-state index contributed by atoms with van der Waals surface area (Å²) >= 11 is 0. The SMILES string of the molecule is N#Cc1ccc(C(=O)NC2(c3ccc(-c4cnc(C(F)(F)F)cc4C#N)cc3)CCC2)cc1. The van der Waals surface area contributed by atoms with Crippen LogP contribution >= 0.6 is 0 Å². The molecule has 8 heteroatoms. The van der Waals surface area contributed by atoms with E-state index in [9.17, 15) is 23.2 Å². The molecule has 1 fully saturated rings. The molecule has 33 heavy (non-hydrogen) atoms. The predicted molar refractivity (Wildman–Crippen MR) is 114 cm³/mol. The summed E-state index contributed by atoms with van der Waals surface area (Å²) in [4.78, 5) is 16.2. The molecule has 3 aromatic rings. The van der Waals surface area contributed by atoms with E-state index < -0.39 is 17.4 Å². The molecule has 0 bridgehead atoms. The van der Waals surface area contributed by atoms with Gasteiger partial charge in [0, 0.05) is 17.3 Å². The highest BCUT2D eigenvalue weighted by molar-refractivity contribution is 5.95. The van der Waals surface area contributed by atoms with Crippen LogP contribution in [0, 0.1) is 22.7 Å². The first-order valence-corrected chi connectivity index (χ1v) is 10.2. The Morgan fingerprint density at radius 1 is 1.00 bits per heavy atom. The molecule has 1 saturated carbocycles. The third-order valence-electron chi connectivity index (χ3n) is 5.90. The first-order valence-electron chi connectivity index (χ1n) is 10.2. The van der Waals surface area contributed by atoms with Gasteiger partial charge < -0.3 is 5.32 Å². The van der Waals surface area contributed by atoms with Crippen LogP contribution in [-0.4, -0.2) is 10.9 Å².